The van der Waals surface area contributed by atoms with E-state index in [4.69, 9.17) is 16.3 Å². The predicted octanol–water partition coefficient (Wildman–Crippen LogP) is 5.19. The van der Waals surface area contributed by atoms with Crippen LogP contribution in [0, 0.1) is 0 Å². The molecule has 2 heterocycles. The SMILES string of the molecule is O=c1ccc2c(Cl)cc(Cc3ccccc3)c3c2n1Cc1ccccc1CO3. The van der Waals surface area contributed by atoms with Crippen LogP contribution >= 0.6 is 11.6 Å². The first-order chi connectivity index (χ1) is 13.7. The molecule has 0 saturated heterocycles. The molecule has 3 aromatic carbocycles. The molecule has 1 aliphatic heterocycles. The second kappa shape index (κ2) is 6.84. The zero-order valence-corrected chi connectivity index (χ0v) is 15.9. The first-order valence-corrected chi connectivity index (χ1v) is 9.67. The summed E-state index contributed by atoms with van der Waals surface area (Å²) in [6.45, 7) is 0.978. The summed E-state index contributed by atoms with van der Waals surface area (Å²) in [5, 5.41) is 1.48. The average molecular weight is 388 g/mol. The second-order valence-corrected chi connectivity index (χ2v) is 7.49. The van der Waals surface area contributed by atoms with Gasteiger partial charge in [0.25, 0.3) is 5.56 Å². The Bertz CT molecular complexity index is 1240. The van der Waals surface area contributed by atoms with E-state index in [1.807, 2.05) is 42.5 Å². The van der Waals surface area contributed by atoms with Gasteiger partial charge in [-0.2, -0.15) is 0 Å². The van der Waals surface area contributed by atoms with E-state index in [2.05, 4.69) is 18.2 Å². The van der Waals surface area contributed by atoms with Crippen LogP contribution in [0.1, 0.15) is 22.3 Å². The van der Waals surface area contributed by atoms with Crippen LogP contribution in [-0.2, 0) is 19.6 Å². The monoisotopic (exact) mass is 387 g/mol. The smallest absolute Gasteiger partial charge is 0.251 e. The fourth-order valence-corrected chi connectivity index (χ4v) is 4.19. The molecule has 0 bridgehead atoms. The number of fused-ring (bicyclic) bond motifs is 1. The zero-order valence-electron chi connectivity index (χ0n) is 15.2. The lowest BCUT2D eigenvalue weighted by Gasteiger charge is -2.23. The van der Waals surface area contributed by atoms with Gasteiger partial charge < -0.3 is 9.30 Å². The van der Waals surface area contributed by atoms with Gasteiger partial charge in [-0.05, 0) is 28.8 Å². The third kappa shape index (κ3) is 2.88. The zero-order chi connectivity index (χ0) is 19.1. The highest BCUT2D eigenvalue weighted by molar-refractivity contribution is 6.35. The van der Waals surface area contributed by atoms with Gasteiger partial charge in [0, 0.05) is 23.4 Å². The molecule has 0 atom stereocenters. The number of nitrogens with zero attached hydrogens (tertiary/aromatic N) is 1. The van der Waals surface area contributed by atoms with Gasteiger partial charge in [-0.1, -0.05) is 66.2 Å². The van der Waals surface area contributed by atoms with Gasteiger partial charge in [-0.15, -0.1) is 0 Å². The van der Waals surface area contributed by atoms with Crippen molar-refractivity contribution < 1.29 is 4.74 Å². The van der Waals surface area contributed by atoms with Crippen molar-refractivity contribution in [2.45, 2.75) is 19.6 Å². The van der Waals surface area contributed by atoms with Crippen molar-refractivity contribution >= 4 is 22.5 Å². The number of pyridine rings is 1. The summed E-state index contributed by atoms with van der Waals surface area (Å²) in [5.74, 6) is 0.746. The van der Waals surface area contributed by atoms with Gasteiger partial charge in [0.15, 0.2) is 0 Å². The lowest BCUT2D eigenvalue weighted by molar-refractivity contribution is 0.301. The lowest BCUT2D eigenvalue weighted by Crippen LogP contribution is -2.23. The summed E-state index contributed by atoms with van der Waals surface area (Å²) >= 11 is 6.63. The molecule has 0 spiro atoms. The van der Waals surface area contributed by atoms with Crippen LogP contribution in [0.15, 0.2) is 77.6 Å². The van der Waals surface area contributed by atoms with Gasteiger partial charge in [0.1, 0.15) is 12.4 Å². The fourth-order valence-electron chi connectivity index (χ4n) is 3.90. The lowest BCUT2D eigenvalue weighted by atomic mass is 10.00. The van der Waals surface area contributed by atoms with E-state index in [9.17, 15) is 4.79 Å². The minimum absolute atomic E-state index is 0.0537. The number of benzene rings is 3. The molecule has 3 nitrogen and oxygen atoms in total. The van der Waals surface area contributed by atoms with Crippen LogP contribution in [0.2, 0.25) is 5.02 Å². The number of rotatable bonds is 2. The van der Waals surface area contributed by atoms with E-state index in [1.165, 1.54) is 5.56 Å². The number of ether oxygens (including phenoxy) is 1. The highest BCUT2D eigenvalue weighted by Gasteiger charge is 2.20. The summed E-state index contributed by atoms with van der Waals surface area (Å²) in [5.41, 5.74) is 5.07. The van der Waals surface area contributed by atoms with E-state index >= 15 is 0 Å². The van der Waals surface area contributed by atoms with E-state index in [-0.39, 0.29) is 5.56 Å². The molecule has 0 amide bonds. The quantitative estimate of drug-likeness (QED) is 0.474. The van der Waals surface area contributed by atoms with Gasteiger partial charge in [-0.3, -0.25) is 4.79 Å². The molecule has 0 radical (unpaired) electrons. The van der Waals surface area contributed by atoms with Crippen LogP contribution in [0.5, 0.6) is 5.75 Å². The van der Waals surface area contributed by atoms with Gasteiger partial charge in [0.2, 0.25) is 0 Å². The first kappa shape index (κ1) is 17.1. The Labute approximate surface area is 167 Å². The third-order valence-corrected chi connectivity index (χ3v) is 5.62. The van der Waals surface area contributed by atoms with Gasteiger partial charge in [-0.25, -0.2) is 0 Å². The standard InChI is InChI=1S/C24H18ClNO2/c25-21-13-19(12-16-6-2-1-3-7-16)24-23-20(21)10-11-22(27)26(23)14-17-8-4-5-9-18(17)15-28-24/h1-11,13H,12,14-15H2. The van der Waals surface area contributed by atoms with Crippen molar-refractivity contribution in [1.82, 2.24) is 4.57 Å². The Morgan fingerprint density at radius 2 is 1.68 bits per heavy atom. The number of aromatic nitrogens is 1. The van der Waals surface area contributed by atoms with Gasteiger partial charge in [0.05, 0.1) is 17.1 Å². The summed E-state index contributed by atoms with van der Waals surface area (Å²) in [6.07, 6.45) is 0.691. The van der Waals surface area contributed by atoms with Crippen molar-refractivity contribution in [2.75, 3.05) is 0 Å². The Morgan fingerprint density at radius 3 is 2.50 bits per heavy atom. The van der Waals surface area contributed by atoms with Crippen LogP contribution in [0.4, 0.5) is 0 Å². The molecule has 0 fully saturated rings. The van der Waals surface area contributed by atoms with Crippen LogP contribution in [-0.4, -0.2) is 4.57 Å². The topological polar surface area (TPSA) is 31.2 Å². The molecule has 1 aromatic heterocycles. The predicted molar refractivity (Wildman–Crippen MR) is 112 cm³/mol. The maximum absolute atomic E-state index is 12.8. The molecule has 5 rings (SSSR count). The fraction of sp³-hybridized carbons (Fsp3) is 0.125. The maximum atomic E-state index is 12.8. The molecule has 28 heavy (non-hydrogen) atoms. The normalized spacial score (nSPS) is 12.8. The summed E-state index contributed by atoms with van der Waals surface area (Å²) in [7, 11) is 0. The molecule has 4 heteroatoms. The Balaban J connectivity index is 1.78. The van der Waals surface area contributed by atoms with Crippen molar-refractivity contribution in [3.8, 4) is 5.75 Å². The molecule has 0 N–H and O–H groups in total. The molecular weight excluding hydrogens is 370 g/mol. The Kier molecular flexibility index (Phi) is 4.18. The third-order valence-electron chi connectivity index (χ3n) is 5.30. The van der Waals surface area contributed by atoms with Crippen molar-refractivity contribution in [1.29, 1.82) is 0 Å². The Morgan fingerprint density at radius 1 is 0.929 bits per heavy atom. The number of hydrogen-bond acceptors (Lipinski definition) is 2. The highest BCUT2D eigenvalue weighted by Crippen LogP contribution is 2.37. The summed E-state index contributed by atoms with van der Waals surface area (Å²) < 4.78 is 8.10. The maximum Gasteiger partial charge on any atom is 0.251 e. The van der Waals surface area contributed by atoms with Crippen molar-refractivity contribution in [3.63, 3.8) is 0 Å². The summed E-state index contributed by atoms with van der Waals surface area (Å²) in [4.78, 5) is 12.8. The molecule has 0 aliphatic carbocycles. The molecule has 0 saturated carbocycles. The second-order valence-electron chi connectivity index (χ2n) is 7.09. The first-order valence-electron chi connectivity index (χ1n) is 9.29. The number of halogens is 1. The van der Waals surface area contributed by atoms with Crippen molar-refractivity contribution in [2.24, 2.45) is 0 Å². The van der Waals surface area contributed by atoms with E-state index in [0.717, 1.165) is 33.3 Å². The van der Waals surface area contributed by atoms with Crippen molar-refractivity contribution in [3.05, 3.63) is 110 Å². The van der Waals surface area contributed by atoms with Crippen LogP contribution in [0.3, 0.4) is 0 Å². The van der Waals surface area contributed by atoms with Gasteiger partial charge >= 0.3 is 0 Å². The number of hydrogen-bond donors (Lipinski definition) is 0. The largest absolute Gasteiger partial charge is 0.486 e. The van der Waals surface area contributed by atoms with Crippen LogP contribution < -0.4 is 10.3 Å². The summed E-state index contributed by atoms with van der Waals surface area (Å²) in [6, 6.07) is 23.6. The molecule has 4 aromatic rings. The minimum atomic E-state index is -0.0537. The highest BCUT2D eigenvalue weighted by atomic mass is 35.5. The minimum Gasteiger partial charge on any atom is -0.486 e. The van der Waals surface area contributed by atoms with E-state index in [1.54, 1.807) is 16.7 Å². The molecule has 1 aliphatic rings. The van der Waals surface area contributed by atoms with E-state index < -0.39 is 0 Å². The van der Waals surface area contributed by atoms with E-state index in [0.29, 0.717) is 24.6 Å². The molecule has 138 valence electrons. The van der Waals surface area contributed by atoms with Crippen LogP contribution in [0.25, 0.3) is 10.9 Å². The molecule has 0 unspecified atom stereocenters. The molecular formula is C24H18ClNO2. The Hall–Kier alpha value is -3.04. The average Bonchev–Trinajstić information content (AvgIpc) is 2.69.